The van der Waals surface area contributed by atoms with Gasteiger partial charge in [0.05, 0.1) is 12.4 Å². The van der Waals surface area contributed by atoms with Crippen molar-refractivity contribution in [1.29, 1.82) is 0 Å². The van der Waals surface area contributed by atoms with E-state index in [1.165, 1.54) is 0 Å². The van der Waals surface area contributed by atoms with E-state index in [0.717, 1.165) is 11.3 Å². The van der Waals surface area contributed by atoms with Gasteiger partial charge in [0.1, 0.15) is 0 Å². The molecule has 1 aromatic heterocycles. The number of rotatable bonds is 4. The van der Waals surface area contributed by atoms with Crippen LogP contribution in [0.4, 0.5) is 0 Å². The van der Waals surface area contributed by atoms with Crippen molar-refractivity contribution in [1.82, 2.24) is 9.97 Å². The van der Waals surface area contributed by atoms with E-state index >= 15 is 0 Å². The number of nitrogens with zero attached hydrogens (tertiary/aromatic N) is 1. The molecule has 0 aliphatic heterocycles. The van der Waals surface area contributed by atoms with Crippen molar-refractivity contribution < 1.29 is 5.11 Å². The predicted octanol–water partition coefficient (Wildman–Crippen LogP) is 2.86. The molecule has 1 unspecified atom stereocenters. The summed E-state index contributed by atoms with van der Waals surface area (Å²) in [6, 6.07) is 5.29. The monoisotopic (exact) mass is 270 g/mol. The molecule has 0 aliphatic carbocycles. The number of aromatic amines is 1. The summed E-state index contributed by atoms with van der Waals surface area (Å²) >= 11 is 11.8. The number of aliphatic hydroxyl groups excluding tert-OH is 1. The molecule has 2 aromatic rings. The first-order chi connectivity index (χ1) is 8.15. The smallest absolute Gasteiger partial charge is 0.0921 e. The Morgan fingerprint density at radius 1 is 1.29 bits per heavy atom. The number of H-pyrrole nitrogens is 1. The van der Waals surface area contributed by atoms with Crippen LogP contribution < -0.4 is 0 Å². The normalized spacial score (nSPS) is 12.6. The first kappa shape index (κ1) is 12.4. The average Bonchev–Trinajstić information content (AvgIpc) is 2.75. The summed E-state index contributed by atoms with van der Waals surface area (Å²) in [6.07, 6.45) is 3.83. The molecule has 0 bridgehead atoms. The summed E-state index contributed by atoms with van der Waals surface area (Å²) in [5.41, 5.74) is 1.80. The maximum absolute atomic E-state index is 9.93. The van der Waals surface area contributed by atoms with Gasteiger partial charge >= 0.3 is 0 Å². The molecule has 3 nitrogen and oxygen atoms in total. The summed E-state index contributed by atoms with van der Waals surface area (Å²) < 4.78 is 0. The second-order valence-corrected chi connectivity index (χ2v) is 4.72. The molecule has 0 fully saturated rings. The Morgan fingerprint density at radius 3 is 2.76 bits per heavy atom. The van der Waals surface area contributed by atoms with Gasteiger partial charge in [0, 0.05) is 34.8 Å². The SMILES string of the molecule is OC(Cc1cnc[nH]1)Cc1ccc(Cl)cc1Cl. The summed E-state index contributed by atoms with van der Waals surface area (Å²) in [6.45, 7) is 0. The first-order valence-corrected chi connectivity index (χ1v) is 6.00. The number of aliphatic hydroxyl groups is 1. The molecule has 0 saturated heterocycles. The van der Waals surface area contributed by atoms with Crippen molar-refractivity contribution in [2.24, 2.45) is 0 Å². The second kappa shape index (κ2) is 5.54. The third-order valence-corrected chi connectivity index (χ3v) is 3.07. The molecule has 2 rings (SSSR count). The average molecular weight is 271 g/mol. The van der Waals surface area contributed by atoms with Crippen LogP contribution in [0.25, 0.3) is 0 Å². The van der Waals surface area contributed by atoms with Crippen LogP contribution in [0.3, 0.4) is 0 Å². The van der Waals surface area contributed by atoms with Gasteiger partial charge in [0.2, 0.25) is 0 Å². The Bertz CT molecular complexity index is 485. The molecule has 90 valence electrons. The summed E-state index contributed by atoms with van der Waals surface area (Å²) in [4.78, 5) is 6.85. The van der Waals surface area contributed by atoms with Crippen molar-refractivity contribution >= 4 is 23.2 Å². The van der Waals surface area contributed by atoms with E-state index in [1.54, 1.807) is 24.7 Å². The highest BCUT2D eigenvalue weighted by atomic mass is 35.5. The van der Waals surface area contributed by atoms with E-state index in [2.05, 4.69) is 9.97 Å². The number of halogens is 2. The van der Waals surface area contributed by atoms with E-state index in [9.17, 15) is 5.11 Å². The third kappa shape index (κ3) is 3.46. The number of aromatic nitrogens is 2. The van der Waals surface area contributed by atoms with Crippen LogP contribution >= 0.6 is 23.2 Å². The molecule has 1 aromatic carbocycles. The Labute approximate surface area is 109 Å². The maximum Gasteiger partial charge on any atom is 0.0921 e. The second-order valence-electron chi connectivity index (χ2n) is 3.87. The highest BCUT2D eigenvalue weighted by Gasteiger charge is 2.10. The Hall–Kier alpha value is -1.03. The zero-order valence-corrected chi connectivity index (χ0v) is 10.5. The lowest BCUT2D eigenvalue weighted by molar-refractivity contribution is 0.174. The number of hydrogen-bond donors (Lipinski definition) is 2. The number of nitrogens with one attached hydrogen (secondary N) is 1. The number of hydrogen-bond acceptors (Lipinski definition) is 2. The molecule has 0 radical (unpaired) electrons. The fourth-order valence-corrected chi connectivity index (χ4v) is 2.15. The molecule has 0 amide bonds. The molecule has 2 N–H and O–H groups in total. The van der Waals surface area contributed by atoms with Crippen LogP contribution in [0.15, 0.2) is 30.7 Å². The van der Waals surface area contributed by atoms with Gasteiger partial charge in [-0.3, -0.25) is 0 Å². The van der Waals surface area contributed by atoms with Gasteiger partial charge < -0.3 is 10.1 Å². The molecule has 5 heteroatoms. The van der Waals surface area contributed by atoms with Crippen molar-refractivity contribution in [3.63, 3.8) is 0 Å². The Kier molecular flexibility index (Phi) is 4.05. The van der Waals surface area contributed by atoms with Crippen LogP contribution in [0.2, 0.25) is 10.0 Å². The molecule has 0 saturated carbocycles. The Balaban J connectivity index is 2.00. The molecule has 1 atom stereocenters. The molecule has 0 spiro atoms. The van der Waals surface area contributed by atoms with E-state index < -0.39 is 6.10 Å². The minimum absolute atomic E-state index is 0.492. The van der Waals surface area contributed by atoms with Crippen molar-refractivity contribution in [2.75, 3.05) is 0 Å². The number of benzene rings is 1. The molecular weight excluding hydrogens is 259 g/mol. The fraction of sp³-hybridized carbons (Fsp3) is 0.250. The van der Waals surface area contributed by atoms with Crippen LogP contribution in [0.5, 0.6) is 0 Å². The quantitative estimate of drug-likeness (QED) is 0.898. The number of imidazole rings is 1. The fourth-order valence-electron chi connectivity index (χ4n) is 1.66. The van der Waals surface area contributed by atoms with Crippen molar-refractivity contribution in [2.45, 2.75) is 18.9 Å². The van der Waals surface area contributed by atoms with Crippen molar-refractivity contribution in [3.05, 3.63) is 52.0 Å². The lowest BCUT2D eigenvalue weighted by atomic mass is 10.0. The van der Waals surface area contributed by atoms with Gasteiger partial charge in [-0.2, -0.15) is 0 Å². The van der Waals surface area contributed by atoms with Crippen LogP contribution in [0, 0.1) is 0 Å². The van der Waals surface area contributed by atoms with Gasteiger partial charge in [0.15, 0.2) is 0 Å². The molecule has 17 heavy (non-hydrogen) atoms. The predicted molar refractivity (Wildman–Crippen MR) is 68.5 cm³/mol. The lowest BCUT2D eigenvalue weighted by Crippen LogP contribution is -2.14. The summed E-state index contributed by atoms with van der Waals surface area (Å²) in [5, 5.41) is 11.1. The third-order valence-electron chi connectivity index (χ3n) is 2.48. The van der Waals surface area contributed by atoms with Crippen molar-refractivity contribution in [3.8, 4) is 0 Å². The largest absolute Gasteiger partial charge is 0.392 e. The zero-order valence-electron chi connectivity index (χ0n) is 9.03. The van der Waals surface area contributed by atoms with E-state index in [-0.39, 0.29) is 0 Å². The summed E-state index contributed by atoms with van der Waals surface area (Å²) in [5.74, 6) is 0. The maximum atomic E-state index is 9.93. The van der Waals surface area contributed by atoms with E-state index in [4.69, 9.17) is 23.2 Å². The zero-order chi connectivity index (χ0) is 12.3. The lowest BCUT2D eigenvalue weighted by Gasteiger charge is -2.10. The topological polar surface area (TPSA) is 48.9 Å². The Morgan fingerprint density at radius 2 is 2.12 bits per heavy atom. The van der Waals surface area contributed by atoms with Gasteiger partial charge in [0.25, 0.3) is 0 Å². The van der Waals surface area contributed by atoms with E-state index in [1.807, 2.05) is 6.07 Å². The van der Waals surface area contributed by atoms with Crippen LogP contribution in [-0.2, 0) is 12.8 Å². The van der Waals surface area contributed by atoms with Gasteiger partial charge in [-0.05, 0) is 17.7 Å². The van der Waals surface area contributed by atoms with E-state index in [0.29, 0.717) is 22.9 Å². The van der Waals surface area contributed by atoms with Crippen LogP contribution in [-0.4, -0.2) is 21.2 Å². The minimum Gasteiger partial charge on any atom is -0.392 e. The highest BCUT2D eigenvalue weighted by Crippen LogP contribution is 2.22. The van der Waals surface area contributed by atoms with Gasteiger partial charge in [-0.15, -0.1) is 0 Å². The standard InChI is InChI=1S/C12H12Cl2N2O/c13-9-2-1-8(12(14)4-9)3-11(17)5-10-6-15-7-16-10/h1-2,4,6-7,11,17H,3,5H2,(H,15,16). The first-order valence-electron chi connectivity index (χ1n) is 5.24. The van der Waals surface area contributed by atoms with Crippen LogP contribution in [0.1, 0.15) is 11.3 Å². The van der Waals surface area contributed by atoms with Gasteiger partial charge in [-0.25, -0.2) is 4.98 Å². The highest BCUT2D eigenvalue weighted by molar-refractivity contribution is 6.35. The van der Waals surface area contributed by atoms with Gasteiger partial charge in [-0.1, -0.05) is 29.3 Å². The summed E-state index contributed by atoms with van der Waals surface area (Å²) in [7, 11) is 0. The molecule has 0 aliphatic rings. The minimum atomic E-state index is -0.492. The molecular formula is C12H12Cl2N2O. The molecule has 1 heterocycles.